The van der Waals surface area contributed by atoms with Crippen molar-refractivity contribution in [1.82, 2.24) is 0 Å². The van der Waals surface area contributed by atoms with Crippen molar-refractivity contribution < 1.29 is 28.7 Å². The molecule has 3 N–H and O–H groups in total. The first-order valence-electron chi connectivity index (χ1n) is 5.03. The Labute approximate surface area is 111 Å². The lowest BCUT2D eigenvalue weighted by Crippen LogP contribution is -1.82. The molecule has 1 aromatic rings. The van der Waals surface area contributed by atoms with Crippen LogP contribution in [0, 0.1) is 0 Å². The Morgan fingerprint density at radius 1 is 1.39 bits per heavy atom. The number of hydrogen-bond donors (Lipinski definition) is 3. The Hall–Kier alpha value is -0.650. The van der Waals surface area contributed by atoms with Crippen LogP contribution in [0.1, 0.15) is 25.3 Å². The van der Waals surface area contributed by atoms with Gasteiger partial charge in [0.25, 0.3) is 0 Å². The van der Waals surface area contributed by atoms with Gasteiger partial charge in [-0.2, -0.15) is 0 Å². The van der Waals surface area contributed by atoms with Crippen LogP contribution in [0.4, 0.5) is 4.53 Å². The molecule has 1 aromatic carbocycles. The van der Waals surface area contributed by atoms with Gasteiger partial charge in [-0.1, -0.05) is 30.2 Å². The predicted octanol–water partition coefficient (Wildman–Crippen LogP) is 3.14. The molecular weight excluding hydrogens is 286 g/mol. The molecule has 0 aliphatic carbocycles. The fourth-order valence-electron chi connectivity index (χ4n) is 1.09. The van der Waals surface area contributed by atoms with Crippen LogP contribution in [0.15, 0.2) is 24.3 Å². The Balaban J connectivity index is 0. The molecule has 5 nitrogen and oxygen atoms in total. The van der Waals surface area contributed by atoms with E-state index in [1.165, 1.54) is 18.4 Å². The zero-order valence-electron chi connectivity index (χ0n) is 9.82. The highest BCUT2D eigenvalue weighted by Gasteiger charge is 2.12. The maximum atomic E-state index is 10.2. The van der Waals surface area contributed by atoms with Crippen molar-refractivity contribution in [2.45, 2.75) is 26.2 Å². The first-order chi connectivity index (χ1) is 7.89. The molecule has 1 rings (SSSR count). The zero-order chi connectivity index (χ0) is 13.3. The van der Waals surface area contributed by atoms with Crippen molar-refractivity contribution in [3.8, 4) is 5.75 Å². The van der Waals surface area contributed by atoms with Gasteiger partial charge < -0.3 is 14.9 Å². The van der Waals surface area contributed by atoms with Gasteiger partial charge in [0.2, 0.25) is 0 Å². The van der Waals surface area contributed by atoms with Crippen LogP contribution in [0.5, 0.6) is 5.75 Å². The summed E-state index contributed by atoms with van der Waals surface area (Å²) in [5.41, 5.74) is 1.23. The maximum Gasteiger partial charge on any atom is 0.500 e. The second kappa shape index (κ2) is 10.3. The number of hydrogen-bond acceptors (Lipinski definition) is 3. The van der Waals surface area contributed by atoms with Crippen molar-refractivity contribution in [2.75, 3.05) is 0 Å². The largest absolute Gasteiger partial charge is 0.508 e. The number of rotatable bonds is 4. The monoisotopic (exact) mass is 302 g/mol. The second-order valence-electron chi connectivity index (χ2n) is 3.33. The van der Waals surface area contributed by atoms with E-state index in [4.69, 9.17) is 19.5 Å². The molecule has 0 aromatic heterocycles. The SMILES string of the molecule is CCCCc1cccc(O)c1.Cl.O=P(O)(O)OF. The van der Waals surface area contributed by atoms with E-state index in [9.17, 15) is 4.53 Å². The number of aryl methyl sites for hydroxylation is 1. The van der Waals surface area contributed by atoms with E-state index in [2.05, 4.69) is 17.7 Å². The topological polar surface area (TPSA) is 87.0 Å². The maximum absolute atomic E-state index is 10.2. The predicted molar refractivity (Wildman–Crippen MR) is 68.2 cm³/mol. The van der Waals surface area contributed by atoms with Crippen molar-refractivity contribution in [1.29, 1.82) is 0 Å². The Kier molecular flexibility index (Phi) is 11.3. The number of halogens is 2. The first-order valence-corrected chi connectivity index (χ1v) is 6.56. The molecule has 0 aliphatic rings. The summed E-state index contributed by atoms with van der Waals surface area (Å²) < 4.78 is 21.4. The molecule has 106 valence electrons. The quantitative estimate of drug-likeness (QED) is 0.744. The lowest BCUT2D eigenvalue weighted by Gasteiger charge is -1.98. The highest BCUT2D eigenvalue weighted by molar-refractivity contribution is 7.46. The lowest BCUT2D eigenvalue weighted by atomic mass is 10.1. The minimum Gasteiger partial charge on any atom is -0.508 e. The van der Waals surface area contributed by atoms with E-state index in [0.717, 1.165) is 6.42 Å². The average molecular weight is 303 g/mol. The summed E-state index contributed by atoms with van der Waals surface area (Å²) in [7, 11) is -4.81. The molecular formula is C10H17ClFO5P. The van der Waals surface area contributed by atoms with Gasteiger partial charge in [-0.15, -0.1) is 12.4 Å². The molecule has 0 amide bonds. The molecule has 0 heterocycles. The average Bonchev–Trinajstić information content (AvgIpc) is 2.26. The van der Waals surface area contributed by atoms with Crippen LogP contribution in [-0.4, -0.2) is 14.9 Å². The van der Waals surface area contributed by atoms with Crippen LogP contribution in [0.25, 0.3) is 0 Å². The molecule has 0 bridgehead atoms. The second-order valence-corrected chi connectivity index (χ2v) is 4.45. The molecule has 0 spiro atoms. The van der Waals surface area contributed by atoms with Crippen molar-refractivity contribution >= 4 is 20.2 Å². The summed E-state index contributed by atoms with van der Waals surface area (Å²) in [6, 6.07) is 7.47. The lowest BCUT2D eigenvalue weighted by molar-refractivity contribution is -0.0389. The minimum absolute atomic E-state index is 0. The summed E-state index contributed by atoms with van der Waals surface area (Å²) >= 11 is 0. The van der Waals surface area contributed by atoms with Gasteiger partial charge in [-0.05, 0) is 35.1 Å². The molecule has 8 heteroatoms. The minimum atomic E-state index is -4.81. The number of phenolic OH excluding ortho intramolecular Hbond substituents is 1. The van der Waals surface area contributed by atoms with E-state index >= 15 is 0 Å². The van der Waals surface area contributed by atoms with E-state index in [1.54, 1.807) is 6.07 Å². The van der Waals surface area contributed by atoms with E-state index in [1.807, 2.05) is 12.1 Å². The van der Waals surface area contributed by atoms with Gasteiger partial charge in [0.1, 0.15) is 5.75 Å². The highest BCUT2D eigenvalue weighted by atomic mass is 35.5. The molecule has 0 saturated heterocycles. The van der Waals surface area contributed by atoms with Crippen LogP contribution in [-0.2, 0) is 15.7 Å². The molecule has 0 saturated carbocycles. The Bertz CT molecular complexity index is 371. The summed E-state index contributed by atoms with van der Waals surface area (Å²) in [5, 5.41) is 9.11. The smallest absolute Gasteiger partial charge is 0.500 e. The van der Waals surface area contributed by atoms with Crippen LogP contribution < -0.4 is 0 Å². The van der Waals surface area contributed by atoms with Crippen LogP contribution >= 0.6 is 20.2 Å². The third-order valence-electron chi connectivity index (χ3n) is 1.82. The van der Waals surface area contributed by atoms with Gasteiger partial charge in [0.15, 0.2) is 0 Å². The van der Waals surface area contributed by atoms with Gasteiger partial charge in [0, 0.05) is 0 Å². The summed E-state index contributed by atoms with van der Waals surface area (Å²) in [4.78, 5) is 14.7. The van der Waals surface area contributed by atoms with Gasteiger partial charge >= 0.3 is 7.82 Å². The van der Waals surface area contributed by atoms with E-state index in [0.29, 0.717) is 5.75 Å². The van der Waals surface area contributed by atoms with Gasteiger partial charge in [-0.3, -0.25) is 0 Å². The number of phosphoric acid groups is 1. The number of phenols is 1. The van der Waals surface area contributed by atoms with Gasteiger partial charge in [0.05, 0.1) is 0 Å². The third kappa shape index (κ3) is 11.8. The van der Waals surface area contributed by atoms with E-state index < -0.39 is 7.82 Å². The molecule has 0 aliphatic heterocycles. The Morgan fingerprint density at radius 3 is 2.33 bits per heavy atom. The highest BCUT2D eigenvalue weighted by Crippen LogP contribution is 2.35. The normalized spacial score (nSPS) is 10.0. The molecule has 0 radical (unpaired) electrons. The standard InChI is InChI=1S/C10H14O.ClH.FH2O4P/c1-2-3-5-9-6-4-7-10(11)8-9;;1-5-6(2,3)4/h4,6-8,11H,2-3,5H2,1H3;1H;(H2,2,3,4). The molecule has 0 unspecified atom stereocenters. The van der Waals surface area contributed by atoms with Crippen molar-refractivity contribution in [3.05, 3.63) is 29.8 Å². The summed E-state index contributed by atoms with van der Waals surface area (Å²) in [5.74, 6) is 0.374. The fourth-order valence-corrected chi connectivity index (χ4v) is 1.09. The number of benzene rings is 1. The van der Waals surface area contributed by atoms with Crippen LogP contribution in [0.3, 0.4) is 0 Å². The Morgan fingerprint density at radius 2 is 1.94 bits per heavy atom. The van der Waals surface area contributed by atoms with Crippen molar-refractivity contribution in [2.24, 2.45) is 0 Å². The van der Waals surface area contributed by atoms with Crippen LogP contribution in [0.2, 0.25) is 0 Å². The molecule has 0 fully saturated rings. The van der Waals surface area contributed by atoms with Gasteiger partial charge in [-0.25, -0.2) is 4.57 Å². The van der Waals surface area contributed by atoms with E-state index in [-0.39, 0.29) is 12.4 Å². The molecule has 0 atom stereocenters. The molecule has 18 heavy (non-hydrogen) atoms. The first kappa shape index (κ1) is 19.7. The summed E-state index contributed by atoms with van der Waals surface area (Å²) in [6.45, 7) is 2.17. The fraction of sp³-hybridized carbons (Fsp3) is 0.400. The number of aromatic hydroxyl groups is 1. The summed E-state index contributed by atoms with van der Waals surface area (Å²) in [6.07, 6.45) is 3.48. The third-order valence-corrected chi connectivity index (χ3v) is 2.00. The van der Waals surface area contributed by atoms with Crippen molar-refractivity contribution in [3.63, 3.8) is 0 Å². The zero-order valence-corrected chi connectivity index (χ0v) is 11.5. The number of unbranched alkanes of at least 4 members (excludes halogenated alkanes) is 1.